The third-order valence-corrected chi connectivity index (χ3v) is 14.8. The van der Waals surface area contributed by atoms with Crippen molar-refractivity contribution in [3.63, 3.8) is 0 Å². The van der Waals surface area contributed by atoms with Crippen LogP contribution in [0, 0.1) is 0 Å². The summed E-state index contributed by atoms with van der Waals surface area (Å²) < 4.78 is 1.20. The number of fused-ring (bicyclic) bond motifs is 6. The number of halogens is 1. The minimum Gasteiger partial charge on any atom is -0.398 e. The Hall–Kier alpha value is -7.52. The Labute approximate surface area is 417 Å². The van der Waals surface area contributed by atoms with E-state index in [1.54, 1.807) is 0 Å². The maximum Gasteiger partial charge on any atom is 0.0394 e. The fourth-order valence-corrected chi connectivity index (χ4v) is 11.1. The molecule has 2 aliphatic rings. The molecule has 0 atom stereocenters. The number of anilines is 1. The molecule has 10 aromatic rings. The molecule has 2 N–H and O–H groups in total. The maximum absolute atomic E-state index is 6.10. The molecule has 69 heavy (non-hydrogen) atoms. The largest absolute Gasteiger partial charge is 0.398 e. The lowest BCUT2D eigenvalue weighted by Gasteiger charge is -2.21. The zero-order valence-corrected chi connectivity index (χ0v) is 41.3. The van der Waals surface area contributed by atoms with E-state index in [1.807, 2.05) is 42.5 Å². The highest BCUT2D eigenvalue weighted by Crippen LogP contribution is 2.52. The Morgan fingerprint density at radius 1 is 0.319 bits per heavy atom. The van der Waals surface area contributed by atoms with Gasteiger partial charge in [0.05, 0.1) is 0 Å². The molecule has 2 aliphatic carbocycles. The number of benzene rings is 10. The van der Waals surface area contributed by atoms with Gasteiger partial charge in [-0.05, 0) is 120 Å². The summed E-state index contributed by atoms with van der Waals surface area (Å²) in [6.07, 6.45) is 0.910. The Bertz CT molecular complexity index is 3410. The molecule has 0 heterocycles. The van der Waals surface area contributed by atoms with Crippen molar-refractivity contribution in [2.75, 3.05) is 5.73 Å². The number of hydrogen-bond donors (Lipinski definition) is 1. The summed E-state index contributed by atoms with van der Waals surface area (Å²) >= 11 is 3.67. The first-order chi connectivity index (χ1) is 33.6. The molecule has 0 saturated heterocycles. The summed E-state index contributed by atoms with van der Waals surface area (Å²) in [5, 5.41) is 0. The summed E-state index contributed by atoms with van der Waals surface area (Å²) in [5.41, 5.74) is 30.8. The van der Waals surface area contributed by atoms with Crippen molar-refractivity contribution in [1.82, 2.24) is 0 Å². The van der Waals surface area contributed by atoms with Gasteiger partial charge in [-0.15, -0.1) is 0 Å². The number of hydrogen-bond acceptors (Lipinski definition) is 1. The molecule has 1 nitrogen and oxygen atoms in total. The average Bonchev–Trinajstić information content (AvgIpc) is 3.78. The van der Waals surface area contributed by atoms with Crippen LogP contribution in [0.5, 0.6) is 0 Å². The van der Waals surface area contributed by atoms with Crippen molar-refractivity contribution >= 4 is 21.6 Å². The van der Waals surface area contributed by atoms with Crippen molar-refractivity contribution in [3.8, 4) is 66.8 Å². The van der Waals surface area contributed by atoms with E-state index in [-0.39, 0.29) is 10.8 Å². The molecular formula is C67H56BrN. The molecule has 2 heteroatoms. The third kappa shape index (κ3) is 8.90. The van der Waals surface area contributed by atoms with Crippen molar-refractivity contribution in [1.29, 1.82) is 0 Å². The van der Waals surface area contributed by atoms with E-state index in [4.69, 9.17) is 5.73 Å². The standard InChI is InChI=1S/C34H28.C18H15N.C15H13Br/c1-34(2)31-18-10-9-17-29(31)33-28(16-11-19-32(33)34)22-27-21-20-26(24-12-5-3-6-13-24)23-30(27)25-14-7-4-8-15-25;19-18-12-11-16(14-7-3-1-4-8-14)13-17(18)15-9-5-2-6-10-15;1-15(2)11-7-4-3-6-10(11)14-12(15)8-5-9-13(14)16/h3-21,23H,22H2,1-2H3;1-13H,19H2;3-9H,1-2H3. The molecule has 0 radical (unpaired) electrons. The Morgan fingerprint density at radius 3 is 1.28 bits per heavy atom. The van der Waals surface area contributed by atoms with Gasteiger partial charge >= 0.3 is 0 Å². The summed E-state index contributed by atoms with van der Waals surface area (Å²) in [4.78, 5) is 0. The van der Waals surface area contributed by atoms with Gasteiger partial charge in [-0.25, -0.2) is 0 Å². The van der Waals surface area contributed by atoms with Gasteiger partial charge in [-0.3, -0.25) is 0 Å². The first-order valence-electron chi connectivity index (χ1n) is 23.9. The fraction of sp³-hybridized carbons (Fsp3) is 0.104. The normalized spacial score (nSPS) is 13.1. The molecule has 0 unspecified atom stereocenters. The van der Waals surface area contributed by atoms with Crippen LogP contribution >= 0.6 is 15.9 Å². The second-order valence-corrected chi connectivity index (χ2v) is 20.0. The summed E-state index contributed by atoms with van der Waals surface area (Å²) in [7, 11) is 0. The first-order valence-corrected chi connectivity index (χ1v) is 24.7. The summed E-state index contributed by atoms with van der Waals surface area (Å²) in [5.74, 6) is 0. The van der Waals surface area contributed by atoms with Gasteiger partial charge < -0.3 is 5.73 Å². The van der Waals surface area contributed by atoms with Crippen LogP contribution in [-0.2, 0) is 17.3 Å². The summed E-state index contributed by atoms with van der Waals surface area (Å²) in [6.45, 7) is 9.30. The minimum atomic E-state index is 0.0291. The molecule has 0 aliphatic heterocycles. The molecule has 0 spiro atoms. The lowest BCUT2D eigenvalue weighted by Crippen LogP contribution is -2.14. The van der Waals surface area contributed by atoms with Crippen molar-refractivity contribution in [2.45, 2.75) is 44.9 Å². The lowest BCUT2D eigenvalue weighted by atomic mass is 9.82. The van der Waals surface area contributed by atoms with Crippen molar-refractivity contribution in [2.24, 2.45) is 0 Å². The lowest BCUT2D eigenvalue weighted by molar-refractivity contribution is 0.660. The molecule has 0 bridgehead atoms. The van der Waals surface area contributed by atoms with Gasteiger partial charge in [-0.1, -0.05) is 262 Å². The van der Waals surface area contributed by atoms with Crippen LogP contribution in [0.2, 0.25) is 0 Å². The second-order valence-electron chi connectivity index (χ2n) is 19.2. The van der Waals surface area contributed by atoms with E-state index in [0.29, 0.717) is 0 Å². The highest BCUT2D eigenvalue weighted by atomic mass is 79.9. The highest BCUT2D eigenvalue weighted by molar-refractivity contribution is 9.10. The molecule has 0 aromatic heterocycles. The van der Waals surface area contributed by atoms with Gasteiger partial charge in [0.25, 0.3) is 0 Å². The van der Waals surface area contributed by atoms with E-state index in [9.17, 15) is 0 Å². The number of nitrogens with two attached hydrogens (primary N) is 1. The molecule has 0 saturated carbocycles. The molecule has 0 amide bonds. The van der Waals surface area contributed by atoms with Crippen LogP contribution in [0.1, 0.15) is 61.1 Å². The van der Waals surface area contributed by atoms with Crippen LogP contribution < -0.4 is 5.73 Å². The predicted octanol–water partition coefficient (Wildman–Crippen LogP) is 18.3. The van der Waals surface area contributed by atoms with Gasteiger partial charge in [-0.2, -0.15) is 0 Å². The van der Waals surface area contributed by atoms with E-state index in [0.717, 1.165) is 23.2 Å². The molecule has 10 aromatic carbocycles. The van der Waals surface area contributed by atoms with Crippen molar-refractivity contribution < 1.29 is 0 Å². The zero-order chi connectivity index (χ0) is 47.5. The molecule has 336 valence electrons. The molecule has 12 rings (SSSR count). The third-order valence-electron chi connectivity index (χ3n) is 14.2. The van der Waals surface area contributed by atoms with Crippen LogP contribution in [0.4, 0.5) is 5.69 Å². The Kier molecular flexibility index (Phi) is 12.6. The Balaban J connectivity index is 0.000000133. The van der Waals surface area contributed by atoms with Crippen LogP contribution in [-0.4, -0.2) is 0 Å². The zero-order valence-electron chi connectivity index (χ0n) is 39.8. The van der Waals surface area contributed by atoms with Crippen molar-refractivity contribution in [3.05, 3.63) is 281 Å². The minimum absolute atomic E-state index is 0.0291. The average molecular weight is 955 g/mol. The first kappa shape index (κ1) is 45.3. The number of nitrogen functional groups attached to an aromatic ring is 1. The SMILES string of the molecule is CC1(C)c2ccccc2-c2c(Br)cccc21.CC1(C)c2ccccc2-c2c(Cc3ccc(-c4ccccc4)cc3-c3ccccc3)cccc21.Nc1ccc(-c2ccccc2)cc1-c1ccccc1. The topological polar surface area (TPSA) is 26.0 Å². The van der Waals surface area contributed by atoms with Gasteiger partial charge in [0.15, 0.2) is 0 Å². The van der Waals surface area contributed by atoms with Gasteiger partial charge in [0, 0.05) is 32.1 Å². The smallest absolute Gasteiger partial charge is 0.0394 e. The van der Waals surface area contributed by atoms with Gasteiger partial charge in [0.1, 0.15) is 0 Å². The van der Waals surface area contributed by atoms with Crippen LogP contribution in [0.25, 0.3) is 66.8 Å². The monoisotopic (exact) mass is 953 g/mol. The number of rotatable bonds is 6. The summed E-state index contributed by atoms with van der Waals surface area (Å²) in [6, 6.07) is 86.2. The fourth-order valence-electron chi connectivity index (χ4n) is 10.6. The molecular weight excluding hydrogens is 899 g/mol. The van der Waals surface area contributed by atoms with Crippen LogP contribution in [0.3, 0.4) is 0 Å². The van der Waals surface area contributed by atoms with E-state index >= 15 is 0 Å². The van der Waals surface area contributed by atoms with E-state index < -0.39 is 0 Å². The highest BCUT2D eigenvalue weighted by Gasteiger charge is 2.37. The maximum atomic E-state index is 6.10. The predicted molar refractivity (Wildman–Crippen MR) is 298 cm³/mol. The second kappa shape index (κ2) is 19.2. The van der Waals surface area contributed by atoms with E-state index in [1.165, 1.54) is 93.5 Å². The van der Waals surface area contributed by atoms with E-state index in [2.05, 4.69) is 244 Å². The Morgan fingerprint density at radius 2 is 0.725 bits per heavy atom. The van der Waals surface area contributed by atoms with Gasteiger partial charge in [0.2, 0.25) is 0 Å². The molecule has 0 fully saturated rings. The quantitative estimate of drug-likeness (QED) is 0.165. The van der Waals surface area contributed by atoms with Crippen LogP contribution in [0.15, 0.2) is 247 Å².